The van der Waals surface area contributed by atoms with Crippen LogP contribution >= 0.6 is 31.9 Å². The highest BCUT2D eigenvalue weighted by Crippen LogP contribution is 2.46. The number of methoxy groups -OCH3 is 1. The fourth-order valence-corrected chi connectivity index (χ4v) is 5.65. The number of fused-ring (bicyclic) bond motifs is 1. The van der Waals surface area contributed by atoms with Crippen LogP contribution in [0.25, 0.3) is 11.1 Å². The van der Waals surface area contributed by atoms with Gasteiger partial charge in [0.05, 0.1) is 18.4 Å². The molecule has 1 atom stereocenters. The number of benzene rings is 3. The van der Waals surface area contributed by atoms with Crippen molar-refractivity contribution in [2.24, 2.45) is 0 Å². The largest absolute Gasteiger partial charge is 0.466 e. The van der Waals surface area contributed by atoms with Crippen molar-refractivity contribution in [1.29, 1.82) is 0 Å². The van der Waals surface area contributed by atoms with Gasteiger partial charge in [0, 0.05) is 26.0 Å². The molecule has 1 heterocycles. The summed E-state index contributed by atoms with van der Waals surface area (Å²) in [5.41, 5.74) is 3.06. The first kappa shape index (κ1) is 29.5. The Hall–Kier alpha value is -3.49. The van der Waals surface area contributed by atoms with Gasteiger partial charge < -0.3 is 9.47 Å². The molecule has 0 saturated heterocycles. The quantitative estimate of drug-likeness (QED) is 0.195. The van der Waals surface area contributed by atoms with Crippen molar-refractivity contribution in [1.82, 2.24) is 0 Å². The topological polar surface area (TPSA) is 72.9 Å². The number of carbonyl (C=O) groups is 3. The molecule has 1 aliphatic heterocycles. The first-order chi connectivity index (χ1) is 18.9. The van der Waals surface area contributed by atoms with E-state index in [-0.39, 0.29) is 12.0 Å². The lowest BCUT2D eigenvalue weighted by Crippen LogP contribution is -2.38. The number of halogens is 2. The fraction of sp³-hybridized carbons (Fsp3) is 0.219. The van der Waals surface area contributed by atoms with E-state index in [2.05, 4.69) is 38.4 Å². The second-order valence-corrected chi connectivity index (χ2v) is 12.1. The van der Waals surface area contributed by atoms with Gasteiger partial charge in [0.1, 0.15) is 5.60 Å². The van der Waals surface area contributed by atoms with Crippen LogP contribution < -0.4 is 4.90 Å². The Morgan fingerprint density at radius 1 is 0.975 bits per heavy atom. The Labute approximate surface area is 250 Å². The number of rotatable bonds is 6. The summed E-state index contributed by atoms with van der Waals surface area (Å²) < 4.78 is 12.3. The highest BCUT2D eigenvalue weighted by molar-refractivity contribution is 9.10. The molecule has 40 heavy (non-hydrogen) atoms. The molecule has 1 unspecified atom stereocenters. The van der Waals surface area contributed by atoms with E-state index in [0.29, 0.717) is 22.4 Å². The molecule has 0 N–H and O–H groups in total. The van der Waals surface area contributed by atoms with Gasteiger partial charge in [-0.2, -0.15) is 0 Å². The number of nitrogens with zero attached hydrogens (tertiary/aromatic N) is 1. The summed E-state index contributed by atoms with van der Waals surface area (Å²) in [5, 5.41) is 0. The van der Waals surface area contributed by atoms with E-state index >= 15 is 0 Å². The van der Waals surface area contributed by atoms with Gasteiger partial charge in [-0.3, -0.25) is 4.79 Å². The molecule has 4 rings (SSSR count). The number of amides is 2. The Morgan fingerprint density at radius 2 is 1.65 bits per heavy atom. The summed E-state index contributed by atoms with van der Waals surface area (Å²) in [4.78, 5) is 41.3. The van der Waals surface area contributed by atoms with Crippen molar-refractivity contribution >= 4 is 66.7 Å². The van der Waals surface area contributed by atoms with Crippen LogP contribution in [0.1, 0.15) is 49.8 Å². The van der Waals surface area contributed by atoms with Crippen LogP contribution in [0.3, 0.4) is 0 Å². The van der Waals surface area contributed by atoms with Gasteiger partial charge in [0.15, 0.2) is 0 Å². The number of carbonyl (C=O) groups excluding carboxylic acids is 3. The lowest BCUT2D eigenvalue weighted by molar-refractivity contribution is -0.136. The molecule has 0 spiro atoms. The summed E-state index contributed by atoms with van der Waals surface area (Å²) in [6.45, 7) is 9.34. The Kier molecular flexibility index (Phi) is 8.80. The van der Waals surface area contributed by atoms with Crippen LogP contribution in [0.2, 0.25) is 0 Å². The van der Waals surface area contributed by atoms with Crippen LogP contribution in [0.15, 0.2) is 93.9 Å². The molecule has 8 heteroatoms. The van der Waals surface area contributed by atoms with Crippen molar-refractivity contribution in [3.63, 3.8) is 0 Å². The second kappa shape index (κ2) is 11.9. The average molecular weight is 667 g/mol. The van der Waals surface area contributed by atoms with E-state index in [1.165, 1.54) is 7.11 Å². The Morgan fingerprint density at radius 3 is 2.30 bits per heavy atom. The first-order valence-electron chi connectivity index (χ1n) is 12.6. The molecule has 0 radical (unpaired) electrons. The predicted octanol–water partition coefficient (Wildman–Crippen LogP) is 8.31. The Bertz CT molecular complexity index is 1540. The fourth-order valence-electron chi connectivity index (χ4n) is 4.69. The van der Waals surface area contributed by atoms with Crippen molar-refractivity contribution in [2.75, 3.05) is 12.0 Å². The smallest absolute Gasteiger partial charge is 0.422 e. The summed E-state index contributed by atoms with van der Waals surface area (Å²) in [6, 6.07) is 22.3. The maximum absolute atomic E-state index is 14.2. The monoisotopic (exact) mass is 665 g/mol. The van der Waals surface area contributed by atoms with Crippen molar-refractivity contribution < 1.29 is 23.9 Å². The summed E-state index contributed by atoms with van der Waals surface area (Å²) in [6.07, 6.45) is -0.528. The minimum absolute atomic E-state index is 0.227. The third-order valence-corrected chi connectivity index (χ3v) is 7.65. The van der Waals surface area contributed by atoms with E-state index in [9.17, 15) is 14.4 Å². The standard InChI is InChI=1S/C32H29Br2NO5/c1-19(30(37)39-5)24(22-13-6-8-15-26(22)34)18-25(20-11-10-12-21(33)17-20)28-23-14-7-9-16-27(23)35(29(28)36)31(38)40-32(2,3)4/h6-17,24H,1,18H2,2-5H3/b28-25-. The molecule has 3 aromatic carbocycles. The Balaban J connectivity index is 1.98. The van der Waals surface area contributed by atoms with Crippen molar-refractivity contribution in [3.05, 3.63) is 111 Å². The van der Waals surface area contributed by atoms with Gasteiger partial charge in [-0.05, 0) is 68.2 Å². The summed E-state index contributed by atoms with van der Waals surface area (Å²) in [7, 11) is 1.31. The zero-order valence-electron chi connectivity index (χ0n) is 22.7. The number of allylic oxidation sites excluding steroid dienone is 1. The van der Waals surface area contributed by atoms with E-state index in [1.54, 1.807) is 32.9 Å². The molecule has 0 bridgehead atoms. The minimum atomic E-state index is -0.797. The number of hydrogen-bond acceptors (Lipinski definition) is 5. The second-order valence-electron chi connectivity index (χ2n) is 10.3. The number of esters is 1. The van der Waals surface area contributed by atoms with Crippen LogP contribution in [0.4, 0.5) is 10.5 Å². The highest BCUT2D eigenvalue weighted by atomic mass is 79.9. The summed E-state index contributed by atoms with van der Waals surface area (Å²) in [5.74, 6) is -1.59. The molecule has 0 saturated carbocycles. The van der Waals surface area contributed by atoms with Gasteiger partial charge in [-0.15, -0.1) is 0 Å². The maximum Gasteiger partial charge on any atom is 0.422 e. The molecule has 3 aromatic rings. The molecular formula is C32H29Br2NO5. The molecular weight excluding hydrogens is 638 g/mol. The third-order valence-electron chi connectivity index (χ3n) is 6.44. The van der Waals surface area contributed by atoms with Gasteiger partial charge in [0.2, 0.25) is 0 Å². The number of ether oxygens (including phenoxy) is 2. The third kappa shape index (κ3) is 6.13. The predicted molar refractivity (Wildman–Crippen MR) is 164 cm³/mol. The average Bonchev–Trinajstić information content (AvgIpc) is 3.20. The first-order valence-corrected chi connectivity index (χ1v) is 14.2. The SMILES string of the molecule is C=C(C(=O)OC)C(C/C(=C1/C(=O)N(C(=O)OC(C)(C)C)c2ccccc21)c1cccc(Br)c1)c1ccccc1Br. The van der Waals surface area contributed by atoms with E-state index in [1.807, 2.05) is 60.7 Å². The van der Waals surface area contributed by atoms with Crippen LogP contribution in [-0.4, -0.2) is 30.7 Å². The molecule has 0 fully saturated rings. The van der Waals surface area contributed by atoms with E-state index < -0.39 is 29.5 Å². The van der Waals surface area contributed by atoms with Crippen LogP contribution in [-0.2, 0) is 19.1 Å². The van der Waals surface area contributed by atoms with Crippen molar-refractivity contribution in [2.45, 2.75) is 38.7 Å². The molecule has 1 aliphatic rings. The van der Waals surface area contributed by atoms with E-state index in [0.717, 1.165) is 25.0 Å². The molecule has 206 valence electrons. The molecule has 6 nitrogen and oxygen atoms in total. The molecule has 2 amide bonds. The van der Waals surface area contributed by atoms with Crippen molar-refractivity contribution in [3.8, 4) is 0 Å². The number of hydrogen-bond donors (Lipinski definition) is 0. The van der Waals surface area contributed by atoms with Gasteiger partial charge >= 0.3 is 12.1 Å². The van der Waals surface area contributed by atoms with Gasteiger partial charge in [-0.25, -0.2) is 14.5 Å². The van der Waals surface area contributed by atoms with E-state index in [4.69, 9.17) is 9.47 Å². The highest BCUT2D eigenvalue weighted by Gasteiger charge is 2.41. The minimum Gasteiger partial charge on any atom is -0.466 e. The number of para-hydroxylation sites is 1. The normalized spacial score (nSPS) is 14.8. The molecule has 0 aliphatic carbocycles. The van der Waals surface area contributed by atoms with Gasteiger partial charge in [0.25, 0.3) is 5.91 Å². The van der Waals surface area contributed by atoms with Gasteiger partial charge in [-0.1, -0.05) is 87.0 Å². The number of imide groups is 1. The van der Waals surface area contributed by atoms with Crippen LogP contribution in [0.5, 0.6) is 0 Å². The lowest BCUT2D eigenvalue weighted by atomic mass is 9.81. The zero-order chi connectivity index (χ0) is 29.2. The number of anilines is 1. The lowest BCUT2D eigenvalue weighted by Gasteiger charge is -2.24. The molecule has 0 aromatic heterocycles. The maximum atomic E-state index is 14.2. The van der Waals surface area contributed by atoms with Crippen LogP contribution in [0, 0.1) is 0 Å². The zero-order valence-corrected chi connectivity index (χ0v) is 25.8. The summed E-state index contributed by atoms with van der Waals surface area (Å²) >= 11 is 7.17.